The number of hydrogen-bond donors (Lipinski definition) is 0. The number of halogens is 1. The summed E-state index contributed by atoms with van der Waals surface area (Å²) < 4.78 is 4.98. The first-order valence-corrected chi connectivity index (χ1v) is 6.66. The first-order chi connectivity index (χ1) is 7.67. The van der Waals surface area contributed by atoms with E-state index in [1.807, 2.05) is 13.8 Å². The zero-order valence-electron chi connectivity index (χ0n) is 8.77. The molecule has 0 radical (unpaired) electrons. The van der Waals surface area contributed by atoms with Gasteiger partial charge in [0.2, 0.25) is 0 Å². The van der Waals surface area contributed by atoms with Crippen LogP contribution in [0.5, 0.6) is 0 Å². The molecule has 0 atom stereocenters. The number of hydrogen-bond acceptors (Lipinski definition) is 6. The van der Waals surface area contributed by atoms with Gasteiger partial charge in [-0.2, -0.15) is 4.37 Å². The highest BCUT2D eigenvalue weighted by atomic mass is 35.5. The summed E-state index contributed by atoms with van der Waals surface area (Å²) in [7, 11) is 0. The normalized spacial score (nSPS) is 10.7. The maximum absolute atomic E-state index is 5.90. The van der Waals surface area contributed by atoms with E-state index in [2.05, 4.69) is 19.3 Å². The van der Waals surface area contributed by atoms with E-state index in [4.69, 9.17) is 11.6 Å². The van der Waals surface area contributed by atoms with Crippen LogP contribution in [0.4, 0.5) is 0 Å². The molecule has 0 amide bonds. The standard InChI is InChI=1S/C9H9ClN4S2/c1-3-7-12-6(10)4-8(13-7)15-9-11-5(2)14-16-9/h4H,3H2,1-2H3. The van der Waals surface area contributed by atoms with Crippen LogP contribution in [0.1, 0.15) is 18.6 Å². The first-order valence-electron chi connectivity index (χ1n) is 4.69. The number of aryl methyl sites for hydroxylation is 2. The van der Waals surface area contributed by atoms with Gasteiger partial charge in [0.25, 0.3) is 0 Å². The molecule has 0 unspecified atom stereocenters. The Hall–Kier alpha value is -0.720. The minimum atomic E-state index is 0.468. The molecule has 0 saturated heterocycles. The second kappa shape index (κ2) is 5.07. The van der Waals surface area contributed by atoms with Gasteiger partial charge in [-0.05, 0) is 30.2 Å². The average molecular weight is 273 g/mol. The zero-order chi connectivity index (χ0) is 11.5. The van der Waals surface area contributed by atoms with Crippen LogP contribution in [-0.2, 0) is 6.42 Å². The predicted molar refractivity (Wildman–Crippen MR) is 65.2 cm³/mol. The van der Waals surface area contributed by atoms with Gasteiger partial charge in [0.05, 0.1) is 0 Å². The van der Waals surface area contributed by atoms with Crippen LogP contribution < -0.4 is 0 Å². The molecule has 0 saturated carbocycles. The lowest BCUT2D eigenvalue weighted by atomic mass is 10.4. The molecular weight excluding hydrogens is 264 g/mol. The third-order valence-corrected chi connectivity index (χ3v) is 3.69. The topological polar surface area (TPSA) is 51.6 Å². The minimum absolute atomic E-state index is 0.468. The summed E-state index contributed by atoms with van der Waals surface area (Å²) in [6, 6.07) is 1.74. The van der Waals surface area contributed by atoms with E-state index >= 15 is 0 Å². The Bertz CT molecular complexity index is 500. The first kappa shape index (κ1) is 11.8. The lowest BCUT2D eigenvalue weighted by Crippen LogP contribution is -1.94. The maximum atomic E-state index is 5.90. The molecule has 7 heteroatoms. The number of rotatable bonds is 3. The van der Waals surface area contributed by atoms with Crippen molar-refractivity contribution >= 4 is 34.9 Å². The highest BCUT2D eigenvalue weighted by molar-refractivity contribution is 8.00. The van der Waals surface area contributed by atoms with Crippen LogP contribution in [0.25, 0.3) is 0 Å². The van der Waals surface area contributed by atoms with Crippen LogP contribution >= 0.6 is 34.9 Å². The van der Waals surface area contributed by atoms with Gasteiger partial charge in [-0.1, -0.05) is 18.5 Å². The number of aromatic nitrogens is 4. The Morgan fingerprint density at radius 2 is 2.19 bits per heavy atom. The van der Waals surface area contributed by atoms with Crippen molar-refractivity contribution in [3.8, 4) is 0 Å². The van der Waals surface area contributed by atoms with E-state index in [1.54, 1.807) is 6.07 Å². The van der Waals surface area contributed by atoms with E-state index < -0.39 is 0 Å². The molecule has 0 fully saturated rings. The van der Waals surface area contributed by atoms with Gasteiger partial charge in [-0.15, -0.1) is 0 Å². The molecule has 0 aliphatic rings. The molecule has 84 valence electrons. The van der Waals surface area contributed by atoms with Crippen molar-refractivity contribution in [1.29, 1.82) is 0 Å². The monoisotopic (exact) mass is 272 g/mol. The fourth-order valence-corrected chi connectivity index (χ4v) is 2.95. The van der Waals surface area contributed by atoms with E-state index in [9.17, 15) is 0 Å². The third-order valence-electron chi connectivity index (χ3n) is 1.73. The van der Waals surface area contributed by atoms with Crippen LogP contribution in [0.2, 0.25) is 5.15 Å². The van der Waals surface area contributed by atoms with Gasteiger partial charge in [0.1, 0.15) is 21.8 Å². The molecule has 2 heterocycles. The average Bonchev–Trinajstić information content (AvgIpc) is 2.63. The summed E-state index contributed by atoms with van der Waals surface area (Å²) in [4.78, 5) is 12.7. The Kier molecular flexibility index (Phi) is 3.73. The maximum Gasteiger partial charge on any atom is 0.176 e. The van der Waals surface area contributed by atoms with Crippen molar-refractivity contribution in [3.05, 3.63) is 22.9 Å². The number of nitrogens with zero attached hydrogens (tertiary/aromatic N) is 4. The Labute approximate surface area is 107 Å². The van der Waals surface area contributed by atoms with Gasteiger partial charge >= 0.3 is 0 Å². The lowest BCUT2D eigenvalue weighted by molar-refractivity contribution is 0.888. The van der Waals surface area contributed by atoms with Crippen molar-refractivity contribution in [2.75, 3.05) is 0 Å². The second-order valence-corrected chi connectivity index (χ2v) is 5.41. The second-order valence-electron chi connectivity index (χ2n) is 3.01. The summed E-state index contributed by atoms with van der Waals surface area (Å²) in [6.07, 6.45) is 0.767. The molecule has 0 aliphatic heterocycles. The van der Waals surface area contributed by atoms with Gasteiger partial charge in [0.15, 0.2) is 4.34 Å². The predicted octanol–water partition coefficient (Wildman–Crippen LogP) is 3.00. The molecule has 0 N–H and O–H groups in total. The molecule has 0 aromatic carbocycles. The van der Waals surface area contributed by atoms with Gasteiger partial charge in [0, 0.05) is 12.5 Å². The van der Waals surface area contributed by atoms with Crippen molar-refractivity contribution in [1.82, 2.24) is 19.3 Å². The van der Waals surface area contributed by atoms with Gasteiger partial charge in [-0.3, -0.25) is 0 Å². The van der Waals surface area contributed by atoms with Gasteiger partial charge in [-0.25, -0.2) is 15.0 Å². The molecule has 0 aliphatic carbocycles. The Morgan fingerprint density at radius 3 is 2.81 bits per heavy atom. The minimum Gasteiger partial charge on any atom is -0.226 e. The molecule has 16 heavy (non-hydrogen) atoms. The quantitative estimate of drug-likeness (QED) is 0.804. The van der Waals surface area contributed by atoms with Gasteiger partial charge < -0.3 is 0 Å². The van der Waals surface area contributed by atoms with Crippen molar-refractivity contribution < 1.29 is 0 Å². The van der Waals surface area contributed by atoms with Crippen LogP contribution in [0.15, 0.2) is 15.4 Å². The molecule has 0 bridgehead atoms. The highest BCUT2D eigenvalue weighted by Crippen LogP contribution is 2.28. The Morgan fingerprint density at radius 1 is 1.38 bits per heavy atom. The van der Waals surface area contributed by atoms with Crippen molar-refractivity contribution in [3.63, 3.8) is 0 Å². The molecule has 4 nitrogen and oxygen atoms in total. The molecule has 2 aromatic rings. The van der Waals surface area contributed by atoms with Crippen LogP contribution in [0, 0.1) is 6.92 Å². The summed E-state index contributed by atoms with van der Waals surface area (Å²) in [5, 5.41) is 1.28. The van der Waals surface area contributed by atoms with Crippen molar-refractivity contribution in [2.45, 2.75) is 29.6 Å². The van der Waals surface area contributed by atoms with E-state index in [0.29, 0.717) is 5.15 Å². The summed E-state index contributed by atoms with van der Waals surface area (Å²) >= 11 is 8.73. The highest BCUT2D eigenvalue weighted by Gasteiger charge is 2.07. The van der Waals surface area contributed by atoms with Crippen LogP contribution in [-0.4, -0.2) is 19.3 Å². The SMILES string of the molecule is CCc1nc(Cl)cc(Sc2nc(C)ns2)n1. The molecule has 2 aromatic heterocycles. The summed E-state index contributed by atoms with van der Waals surface area (Å²) in [5.41, 5.74) is 0. The smallest absolute Gasteiger partial charge is 0.176 e. The van der Waals surface area contributed by atoms with E-state index in [0.717, 1.165) is 27.4 Å². The fourth-order valence-electron chi connectivity index (χ4n) is 1.06. The van der Waals surface area contributed by atoms with Crippen LogP contribution in [0.3, 0.4) is 0 Å². The summed E-state index contributed by atoms with van der Waals surface area (Å²) in [5.74, 6) is 1.53. The lowest BCUT2D eigenvalue weighted by Gasteiger charge is -2.00. The van der Waals surface area contributed by atoms with Crippen molar-refractivity contribution in [2.24, 2.45) is 0 Å². The Balaban J connectivity index is 2.24. The fraction of sp³-hybridized carbons (Fsp3) is 0.333. The molecular formula is C9H9ClN4S2. The molecule has 2 rings (SSSR count). The van der Waals surface area contributed by atoms with E-state index in [1.165, 1.54) is 23.3 Å². The summed E-state index contributed by atoms with van der Waals surface area (Å²) in [6.45, 7) is 3.86. The third kappa shape index (κ3) is 2.90. The van der Waals surface area contributed by atoms with E-state index in [-0.39, 0.29) is 0 Å². The largest absolute Gasteiger partial charge is 0.226 e. The zero-order valence-corrected chi connectivity index (χ0v) is 11.2. The molecule has 0 spiro atoms.